The van der Waals surface area contributed by atoms with Crippen LogP contribution in [0.5, 0.6) is 0 Å². The van der Waals surface area contributed by atoms with Crippen molar-refractivity contribution in [1.82, 2.24) is 9.80 Å². The number of piperidine rings is 2. The highest BCUT2D eigenvalue weighted by Crippen LogP contribution is 2.33. The van der Waals surface area contributed by atoms with Crippen LogP contribution in [0.2, 0.25) is 0 Å². The summed E-state index contributed by atoms with van der Waals surface area (Å²) in [6.07, 6.45) is 5.94. The molecule has 0 saturated carbocycles. The number of nitrogens with zero attached hydrogens (tertiary/aromatic N) is 2. The summed E-state index contributed by atoms with van der Waals surface area (Å²) in [6.45, 7) is 8.05. The Morgan fingerprint density at radius 2 is 1.44 bits per heavy atom. The van der Waals surface area contributed by atoms with Crippen LogP contribution < -0.4 is 0 Å². The van der Waals surface area contributed by atoms with Gasteiger partial charge in [0.2, 0.25) is 0 Å². The summed E-state index contributed by atoms with van der Waals surface area (Å²) < 4.78 is 5.52. The molecule has 4 rings (SSSR count). The lowest BCUT2D eigenvalue weighted by atomic mass is 9.79. The van der Waals surface area contributed by atoms with Gasteiger partial charge in [-0.1, -0.05) is 67.6 Å². The second-order valence-electron chi connectivity index (χ2n) is 9.64. The summed E-state index contributed by atoms with van der Waals surface area (Å²) in [7, 11) is 0. The maximum Gasteiger partial charge on any atom is 0.410 e. The van der Waals surface area contributed by atoms with Gasteiger partial charge >= 0.3 is 6.09 Å². The first-order valence-electron chi connectivity index (χ1n) is 12.4. The average Bonchev–Trinajstić information content (AvgIpc) is 2.87. The molecule has 2 aliphatic rings. The maximum atomic E-state index is 12.4. The highest BCUT2D eigenvalue weighted by molar-refractivity contribution is 5.67. The molecule has 0 aromatic heterocycles. The van der Waals surface area contributed by atoms with E-state index in [1.54, 1.807) is 0 Å². The van der Waals surface area contributed by atoms with Gasteiger partial charge in [-0.2, -0.15) is 0 Å². The van der Waals surface area contributed by atoms with Crippen LogP contribution in [0.4, 0.5) is 4.79 Å². The molecule has 2 aromatic rings. The second-order valence-corrected chi connectivity index (χ2v) is 9.64. The topological polar surface area (TPSA) is 32.8 Å². The zero-order valence-corrected chi connectivity index (χ0v) is 19.5. The van der Waals surface area contributed by atoms with Crippen LogP contribution in [0.3, 0.4) is 0 Å². The molecule has 0 aliphatic carbocycles. The third-order valence-corrected chi connectivity index (χ3v) is 7.55. The zero-order chi connectivity index (χ0) is 22.2. The van der Waals surface area contributed by atoms with Gasteiger partial charge in [-0.05, 0) is 80.6 Å². The predicted octanol–water partition coefficient (Wildman–Crippen LogP) is 5.94. The Morgan fingerprint density at radius 3 is 2.06 bits per heavy atom. The lowest BCUT2D eigenvalue weighted by Gasteiger charge is -2.40. The van der Waals surface area contributed by atoms with Crippen molar-refractivity contribution in [2.75, 3.05) is 32.7 Å². The van der Waals surface area contributed by atoms with Crippen LogP contribution in [-0.2, 0) is 11.3 Å². The third-order valence-electron chi connectivity index (χ3n) is 7.55. The third kappa shape index (κ3) is 6.35. The fourth-order valence-electron chi connectivity index (χ4n) is 5.34. The summed E-state index contributed by atoms with van der Waals surface area (Å²) in [5.74, 6) is 2.21. The van der Waals surface area contributed by atoms with Crippen LogP contribution in [0.15, 0.2) is 60.7 Å². The van der Waals surface area contributed by atoms with Crippen molar-refractivity contribution >= 4 is 6.09 Å². The van der Waals surface area contributed by atoms with Crippen LogP contribution in [0.25, 0.3) is 0 Å². The van der Waals surface area contributed by atoms with E-state index < -0.39 is 0 Å². The van der Waals surface area contributed by atoms with Crippen molar-refractivity contribution in [2.45, 2.75) is 51.6 Å². The second kappa shape index (κ2) is 11.5. The van der Waals surface area contributed by atoms with Gasteiger partial charge in [0.25, 0.3) is 0 Å². The average molecular weight is 435 g/mol. The van der Waals surface area contributed by atoms with E-state index in [0.717, 1.165) is 43.3 Å². The predicted molar refractivity (Wildman–Crippen MR) is 130 cm³/mol. The molecule has 32 heavy (non-hydrogen) atoms. The van der Waals surface area contributed by atoms with E-state index in [4.69, 9.17) is 4.74 Å². The highest BCUT2D eigenvalue weighted by Gasteiger charge is 2.31. The van der Waals surface area contributed by atoms with E-state index in [-0.39, 0.29) is 6.09 Å². The number of hydrogen-bond donors (Lipinski definition) is 0. The van der Waals surface area contributed by atoms with Crippen LogP contribution >= 0.6 is 0 Å². The zero-order valence-electron chi connectivity index (χ0n) is 19.5. The molecule has 1 unspecified atom stereocenters. The number of carbonyl (C=O) groups excluding carboxylic acids is 1. The summed E-state index contributed by atoms with van der Waals surface area (Å²) in [6, 6.07) is 20.8. The smallest absolute Gasteiger partial charge is 0.410 e. The largest absolute Gasteiger partial charge is 0.445 e. The van der Waals surface area contributed by atoms with Gasteiger partial charge in [0, 0.05) is 13.1 Å². The molecule has 4 nitrogen and oxygen atoms in total. The van der Waals surface area contributed by atoms with Gasteiger partial charge in [-0.3, -0.25) is 0 Å². The molecule has 0 bridgehead atoms. The molecule has 0 radical (unpaired) electrons. The monoisotopic (exact) mass is 434 g/mol. The van der Waals surface area contributed by atoms with Crippen molar-refractivity contribution in [1.29, 1.82) is 0 Å². The van der Waals surface area contributed by atoms with Gasteiger partial charge in [-0.25, -0.2) is 4.79 Å². The molecule has 2 saturated heterocycles. The van der Waals surface area contributed by atoms with Crippen molar-refractivity contribution in [3.8, 4) is 0 Å². The Hall–Kier alpha value is -2.33. The normalized spacial score (nSPS) is 19.6. The number of rotatable bonds is 7. The fourth-order valence-corrected chi connectivity index (χ4v) is 5.34. The summed E-state index contributed by atoms with van der Waals surface area (Å²) in [5.41, 5.74) is 2.50. The minimum Gasteiger partial charge on any atom is -0.445 e. The summed E-state index contributed by atoms with van der Waals surface area (Å²) in [5, 5.41) is 0. The molecule has 2 aliphatic heterocycles. The lowest BCUT2D eigenvalue weighted by molar-refractivity contribution is 0.0647. The van der Waals surface area contributed by atoms with Gasteiger partial charge in [0.05, 0.1) is 0 Å². The molecule has 0 spiro atoms. The number of ether oxygens (including phenoxy) is 1. The molecular weight excluding hydrogens is 396 g/mol. The van der Waals surface area contributed by atoms with Crippen LogP contribution in [-0.4, -0.2) is 48.6 Å². The van der Waals surface area contributed by atoms with E-state index in [1.807, 2.05) is 35.2 Å². The molecule has 0 N–H and O–H groups in total. The van der Waals surface area contributed by atoms with Crippen molar-refractivity contribution in [3.63, 3.8) is 0 Å². The Balaban J connectivity index is 1.13. The van der Waals surface area contributed by atoms with Crippen molar-refractivity contribution in [2.24, 2.45) is 11.8 Å². The molecule has 2 fully saturated rings. The standard InChI is InChI=1S/C28H38N2O2/c1-23(25-10-6-3-7-11-25)12-17-29-18-13-26(14-19-29)27-15-20-30(21-16-27)28(31)32-22-24-8-4-2-5-9-24/h2-11,23,26-27H,12-22H2,1H3. The quantitative estimate of drug-likeness (QED) is 0.540. The molecule has 2 heterocycles. The van der Waals surface area contributed by atoms with E-state index in [1.165, 1.54) is 44.5 Å². The van der Waals surface area contributed by atoms with Gasteiger partial charge in [0.1, 0.15) is 6.61 Å². The fraction of sp³-hybridized carbons (Fsp3) is 0.536. The van der Waals surface area contributed by atoms with Gasteiger partial charge in [0.15, 0.2) is 0 Å². The first-order chi connectivity index (χ1) is 15.7. The number of benzene rings is 2. The Kier molecular flexibility index (Phi) is 8.22. The first-order valence-corrected chi connectivity index (χ1v) is 12.4. The van der Waals surface area contributed by atoms with Gasteiger partial charge < -0.3 is 14.5 Å². The molecule has 1 atom stereocenters. The summed E-state index contributed by atoms with van der Waals surface area (Å²) >= 11 is 0. The highest BCUT2D eigenvalue weighted by atomic mass is 16.6. The number of hydrogen-bond acceptors (Lipinski definition) is 3. The van der Waals surface area contributed by atoms with Gasteiger partial charge in [-0.15, -0.1) is 0 Å². The molecular formula is C28H38N2O2. The number of likely N-dealkylation sites (tertiary alicyclic amines) is 2. The van der Waals surface area contributed by atoms with E-state index >= 15 is 0 Å². The number of carbonyl (C=O) groups is 1. The SMILES string of the molecule is CC(CCN1CCC(C2CCN(C(=O)OCc3ccccc3)CC2)CC1)c1ccccc1. The van der Waals surface area contributed by atoms with E-state index in [2.05, 4.69) is 42.2 Å². The maximum absolute atomic E-state index is 12.4. The Labute approximate surface area is 193 Å². The Bertz CT molecular complexity index is 810. The summed E-state index contributed by atoms with van der Waals surface area (Å²) in [4.78, 5) is 17.0. The van der Waals surface area contributed by atoms with Crippen LogP contribution in [0, 0.1) is 11.8 Å². The lowest BCUT2D eigenvalue weighted by Crippen LogP contribution is -2.43. The minimum atomic E-state index is -0.158. The molecule has 4 heteroatoms. The Morgan fingerprint density at radius 1 is 0.875 bits per heavy atom. The van der Waals surface area contributed by atoms with Crippen molar-refractivity contribution in [3.05, 3.63) is 71.8 Å². The molecule has 1 amide bonds. The van der Waals surface area contributed by atoms with Crippen LogP contribution in [0.1, 0.15) is 56.1 Å². The number of amides is 1. The first kappa shape index (κ1) is 22.8. The van der Waals surface area contributed by atoms with E-state index in [9.17, 15) is 4.79 Å². The van der Waals surface area contributed by atoms with E-state index in [0.29, 0.717) is 12.5 Å². The van der Waals surface area contributed by atoms with Crippen molar-refractivity contribution < 1.29 is 9.53 Å². The molecule has 2 aromatic carbocycles. The minimum absolute atomic E-state index is 0.158. The molecule has 172 valence electrons.